The molecule has 2 aromatic carbocycles. The predicted molar refractivity (Wildman–Crippen MR) is 121 cm³/mol. The summed E-state index contributed by atoms with van der Waals surface area (Å²) >= 11 is 8.26. The second kappa shape index (κ2) is 11.9. The fraction of sp³-hybridized carbons (Fsp3) is 0.200. The van der Waals surface area contributed by atoms with Crippen molar-refractivity contribution in [2.45, 2.75) is 19.8 Å². The number of hydrogen-bond donors (Lipinski definition) is 4. The number of thiocarbonyl (C=S) groups is 1. The van der Waals surface area contributed by atoms with Gasteiger partial charge >= 0.3 is 0 Å². The van der Waals surface area contributed by atoms with Crippen LogP contribution in [-0.2, 0) is 9.59 Å². The lowest BCUT2D eigenvalue weighted by molar-refractivity contribution is -0.124. The first-order chi connectivity index (χ1) is 14.4. The molecule has 158 valence electrons. The number of halogens is 1. The van der Waals surface area contributed by atoms with Crippen molar-refractivity contribution >= 4 is 56.7 Å². The Labute approximate surface area is 187 Å². The van der Waals surface area contributed by atoms with E-state index in [0.717, 1.165) is 0 Å². The van der Waals surface area contributed by atoms with E-state index in [1.54, 1.807) is 48.5 Å². The van der Waals surface area contributed by atoms with Crippen molar-refractivity contribution in [1.82, 2.24) is 16.2 Å². The van der Waals surface area contributed by atoms with Gasteiger partial charge in [0.2, 0.25) is 11.8 Å². The topological polar surface area (TPSA) is 109 Å². The van der Waals surface area contributed by atoms with E-state index in [2.05, 4.69) is 37.4 Å². The molecule has 0 atom stereocenters. The van der Waals surface area contributed by atoms with E-state index in [1.165, 1.54) is 0 Å². The van der Waals surface area contributed by atoms with Crippen LogP contribution in [0.2, 0.25) is 0 Å². The third kappa shape index (κ3) is 7.80. The second-order valence-electron chi connectivity index (χ2n) is 5.94. The summed E-state index contributed by atoms with van der Waals surface area (Å²) < 4.78 is 5.95. The molecule has 0 saturated carbocycles. The van der Waals surface area contributed by atoms with Gasteiger partial charge in [0.05, 0.1) is 12.2 Å². The highest BCUT2D eigenvalue weighted by atomic mass is 79.9. The summed E-state index contributed by atoms with van der Waals surface area (Å²) in [5.74, 6) is -0.471. The van der Waals surface area contributed by atoms with Crippen molar-refractivity contribution in [1.29, 1.82) is 0 Å². The molecule has 0 aliphatic carbocycles. The van der Waals surface area contributed by atoms with Crippen LogP contribution in [0, 0.1) is 0 Å². The van der Waals surface area contributed by atoms with E-state index in [-0.39, 0.29) is 23.9 Å². The number of carbonyl (C=O) groups excluding carboxylic acids is 3. The molecular formula is C20H21BrN4O4S. The standard InChI is InChI=1S/C20H21BrN4O4S/c1-2-29-14-9-7-13(8-10-14)22-17(26)11-12-18(27)24-25-20(30)23-19(28)15-5-3-4-6-16(15)21/h3-10H,2,11-12H2,1H3,(H,22,26)(H,24,27)(H2,23,25,28,30). The molecule has 0 aliphatic heterocycles. The lowest BCUT2D eigenvalue weighted by atomic mass is 10.2. The number of rotatable bonds is 7. The number of nitrogens with one attached hydrogen (secondary N) is 4. The van der Waals surface area contributed by atoms with E-state index in [1.807, 2.05) is 6.92 Å². The second-order valence-corrected chi connectivity index (χ2v) is 7.20. The van der Waals surface area contributed by atoms with Crippen LogP contribution >= 0.6 is 28.1 Å². The SMILES string of the molecule is CCOc1ccc(NC(=O)CCC(=O)NNC(=S)NC(=O)c2ccccc2Br)cc1. The van der Waals surface area contributed by atoms with E-state index in [9.17, 15) is 14.4 Å². The van der Waals surface area contributed by atoms with E-state index < -0.39 is 11.8 Å². The molecule has 2 rings (SSSR count). The highest BCUT2D eigenvalue weighted by molar-refractivity contribution is 9.10. The van der Waals surface area contributed by atoms with Gasteiger partial charge in [0.1, 0.15) is 5.75 Å². The molecule has 4 N–H and O–H groups in total. The molecule has 0 bridgehead atoms. The van der Waals surface area contributed by atoms with Gasteiger partial charge in [-0.2, -0.15) is 0 Å². The Bertz CT molecular complexity index is 921. The Kier molecular flexibility index (Phi) is 9.23. The van der Waals surface area contributed by atoms with Crippen LogP contribution in [0.5, 0.6) is 5.75 Å². The average Bonchev–Trinajstić information content (AvgIpc) is 2.72. The molecule has 0 radical (unpaired) electrons. The van der Waals surface area contributed by atoms with Crippen LogP contribution in [0.15, 0.2) is 53.0 Å². The minimum absolute atomic E-state index is 0.0171. The molecule has 30 heavy (non-hydrogen) atoms. The first kappa shape index (κ1) is 23.3. The van der Waals surface area contributed by atoms with Crippen LogP contribution in [-0.4, -0.2) is 29.4 Å². The Hall–Kier alpha value is -2.98. The molecule has 10 heteroatoms. The van der Waals surface area contributed by atoms with Crippen molar-refractivity contribution in [2.24, 2.45) is 0 Å². The summed E-state index contributed by atoms with van der Waals surface area (Å²) in [7, 11) is 0. The number of amides is 3. The first-order valence-corrected chi connectivity index (χ1v) is 10.3. The fourth-order valence-corrected chi connectivity index (χ4v) is 2.90. The first-order valence-electron chi connectivity index (χ1n) is 9.06. The zero-order valence-electron chi connectivity index (χ0n) is 16.2. The van der Waals surface area contributed by atoms with E-state index in [0.29, 0.717) is 28.1 Å². The van der Waals surface area contributed by atoms with Crippen LogP contribution in [0.25, 0.3) is 0 Å². The van der Waals surface area contributed by atoms with Gasteiger partial charge in [0.25, 0.3) is 5.91 Å². The zero-order chi connectivity index (χ0) is 21.9. The molecule has 0 aromatic heterocycles. The molecule has 3 amide bonds. The largest absolute Gasteiger partial charge is 0.494 e. The molecule has 8 nitrogen and oxygen atoms in total. The molecule has 0 heterocycles. The number of benzene rings is 2. The van der Waals surface area contributed by atoms with E-state index >= 15 is 0 Å². The Balaban J connectivity index is 1.68. The maximum absolute atomic E-state index is 12.1. The molecule has 0 aliphatic rings. The molecule has 2 aromatic rings. The van der Waals surface area contributed by atoms with Crippen molar-refractivity contribution < 1.29 is 19.1 Å². The Morgan fingerprint density at radius 2 is 1.63 bits per heavy atom. The lowest BCUT2D eigenvalue weighted by Crippen LogP contribution is -2.48. The minimum Gasteiger partial charge on any atom is -0.494 e. The Morgan fingerprint density at radius 3 is 2.30 bits per heavy atom. The van der Waals surface area contributed by atoms with Crippen molar-refractivity contribution in [3.63, 3.8) is 0 Å². The summed E-state index contributed by atoms with van der Waals surface area (Å²) in [4.78, 5) is 36.0. The maximum atomic E-state index is 12.1. The van der Waals surface area contributed by atoms with Gasteiger partial charge in [0.15, 0.2) is 5.11 Å². The number of carbonyl (C=O) groups is 3. The van der Waals surface area contributed by atoms with E-state index in [4.69, 9.17) is 17.0 Å². The van der Waals surface area contributed by atoms with Crippen molar-refractivity contribution in [3.05, 3.63) is 58.6 Å². The number of anilines is 1. The van der Waals surface area contributed by atoms with Crippen LogP contribution in [0.4, 0.5) is 5.69 Å². The fourth-order valence-electron chi connectivity index (χ4n) is 2.29. The quantitative estimate of drug-likeness (QED) is 0.349. The lowest BCUT2D eigenvalue weighted by Gasteiger charge is -2.11. The highest BCUT2D eigenvalue weighted by Gasteiger charge is 2.12. The minimum atomic E-state index is -0.450. The smallest absolute Gasteiger partial charge is 0.258 e. The summed E-state index contributed by atoms with van der Waals surface area (Å²) in [5, 5.41) is 5.08. The van der Waals surface area contributed by atoms with Gasteiger partial charge in [-0.1, -0.05) is 12.1 Å². The molecule has 0 spiro atoms. The Morgan fingerprint density at radius 1 is 0.967 bits per heavy atom. The van der Waals surface area contributed by atoms with Gasteiger partial charge in [0, 0.05) is 23.0 Å². The van der Waals surface area contributed by atoms with Gasteiger partial charge in [-0.05, 0) is 71.5 Å². The average molecular weight is 493 g/mol. The monoisotopic (exact) mass is 492 g/mol. The van der Waals surface area contributed by atoms with Gasteiger partial charge in [-0.25, -0.2) is 0 Å². The third-order valence-electron chi connectivity index (χ3n) is 3.69. The van der Waals surface area contributed by atoms with Crippen LogP contribution < -0.4 is 26.2 Å². The highest BCUT2D eigenvalue weighted by Crippen LogP contribution is 2.16. The summed E-state index contributed by atoms with van der Waals surface area (Å²) in [6.45, 7) is 2.45. The van der Waals surface area contributed by atoms with Gasteiger partial charge in [-0.3, -0.25) is 30.6 Å². The predicted octanol–water partition coefficient (Wildman–Crippen LogP) is 2.90. The van der Waals surface area contributed by atoms with Crippen LogP contribution in [0.3, 0.4) is 0 Å². The molecular weight excluding hydrogens is 472 g/mol. The van der Waals surface area contributed by atoms with Crippen molar-refractivity contribution in [3.8, 4) is 5.75 Å². The van der Waals surface area contributed by atoms with Crippen molar-refractivity contribution in [2.75, 3.05) is 11.9 Å². The maximum Gasteiger partial charge on any atom is 0.258 e. The number of ether oxygens (including phenoxy) is 1. The number of hydrogen-bond acceptors (Lipinski definition) is 5. The molecule has 0 saturated heterocycles. The summed E-state index contributed by atoms with van der Waals surface area (Å²) in [5.41, 5.74) is 5.79. The normalized spacial score (nSPS) is 9.93. The summed E-state index contributed by atoms with van der Waals surface area (Å²) in [6, 6.07) is 13.8. The summed E-state index contributed by atoms with van der Waals surface area (Å²) in [6.07, 6.45) is -0.0759. The van der Waals surface area contributed by atoms with Gasteiger partial charge < -0.3 is 10.1 Å². The van der Waals surface area contributed by atoms with Gasteiger partial charge in [-0.15, -0.1) is 0 Å². The molecule has 0 fully saturated rings. The molecule has 0 unspecified atom stereocenters. The zero-order valence-corrected chi connectivity index (χ0v) is 18.6. The number of hydrazine groups is 1. The van der Waals surface area contributed by atoms with Crippen LogP contribution in [0.1, 0.15) is 30.1 Å². The third-order valence-corrected chi connectivity index (χ3v) is 4.58.